The molecule has 104 valence electrons. The molecule has 0 saturated carbocycles. The highest BCUT2D eigenvalue weighted by atomic mass is 16.4. The van der Waals surface area contributed by atoms with Crippen LogP contribution in [0.15, 0.2) is 18.3 Å². The molecule has 0 saturated heterocycles. The highest BCUT2D eigenvalue weighted by Gasteiger charge is 2.20. The van der Waals surface area contributed by atoms with Crippen molar-refractivity contribution in [3.05, 3.63) is 24.0 Å². The monoisotopic (exact) mass is 267 g/mol. The first-order chi connectivity index (χ1) is 8.82. The fourth-order valence-corrected chi connectivity index (χ4v) is 1.62. The molecular formula is C12H17N3O4. The summed E-state index contributed by atoms with van der Waals surface area (Å²) in [5, 5.41) is 11.3. The number of carbonyl (C=O) groups is 3. The molecule has 1 atom stereocenters. The van der Waals surface area contributed by atoms with Gasteiger partial charge in [-0.15, -0.1) is 0 Å². The van der Waals surface area contributed by atoms with Crippen LogP contribution in [0.25, 0.3) is 0 Å². The second kappa shape index (κ2) is 6.03. The molecular weight excluding hydrogens is 250 g/mol. The minimum atomic E-state index is -1.04. The number of rotatable bonds is 5. The Morgan fingerprint density at radius 3 is 2.58 bits per heavy atom. The SMILES string of the molecule is CC(NC(=O)c1cccn1CC(=O)O)C(=O)N(C)C. The fourth-order valence-electron chi connectivity index (χ4n) is 1.62. The molecule has 1 aromatic rings. The molecule has 0 aliphatic heterocycles. The molecule has 7 heteroatoms. The minimum absolute atomic E-state index is 0.209. The lowest BCUT2D eigenvalue weighted by Gasteiger charge is -2.18. The van der Waals surface area contributed by atoms with Crippen LogP contribution >= 0.6 is 0 Å². The number of nitrogens with zero attached hydrogens (tertiary/aromatic N) is 2. The van der Waals surface area contributed by atoms with Crippen molar-refractivity contribution in [2.24, 2.45) is 0 Å². The summed E-state index contributed by atoms with van der Waals surface area (Å²) >= 11 is 0. The zero-order valence-corrected chi connectivity index (χ0v) is 11.1. The summed E-state index contributed by atoms with van der Waals surface area (Å²) in [6.07, 6.45) is 1.50. The quantitative estimate of drug-likeness (QED) is 0.771. The van der Waals surface area contributed by atoms with E-state index in [1.807, 2.05) is 0 Å². The largest absolute Gasteiger partial charge is 0.480 e. The number of carboxylic acid groups (broad SMARTS) is 1. The second-order valence-electron chi connectivity index (χ2n) is 4.34. The van der Waals surface area contributed by atoms with Crippen molar-refractivity contribution in [1.29, 1.82) is 0 Å². The van der Waals surface area contributed by atoms with E-state index in [0.29, 0.717) is 0 Å². The maximum absolute atomic E-state index is 11.9. The van der Waals surface area contributed by atoms with Crippen molar-refractivity contribution in [2.75, 3.05) is 14.1 Å². The number of carboxylic acids is 1. The predicted octanol–water partition coefficient (Wildman–Crippen LogP) is -0.221. The van der Waals surface area contributed by atoms with E-state index in [4.69, 9.17) is 5.11 Å². The summed E-state index contributed by atoms with van der Waals surface area (Å²) in [6.45, 7) is 1.27. The number of hydrogen-bond acceptors (Lipinski definition) is 3. The zero-order valence-electron chi connectivity index (χ0n) is 11.1. The molecule has 1 rings (SSSR count). The lowest BCUT2D eigenvalue weighted by atomic mass is 10.2. The molecule has 0 radical (unpaired) electrons. The number of aliphatic carboxylic acids is 1. The molecule has 0 aliphatic rings. The molecule has 2 amide bonds. The first kappa shape index (κ1) is 14.7. The fraction of sp³-hybridized carbons (Fsp3) is 0.417. The summed E-state index contributed by atoms with van der Waals surface area (Å²) < 4.78 is 1.31. The van der Waals surface area contributed by atoms with Gasteiger partial charge in [0.15, 0.2) is 0 Å². The molecule has 7 nitrogen and oxygen atoms in total. The lowest BCUT2D eigenvalue weighted by Crippen LogP contribution is -2.44. The van der Waals surface area contributed by atoms with Gasteiger partial charge in [-0.25, -0.2) is 0 Å². The summed E-state index contributed by atoms with van der Waals surface area (Å²) in [4.78, 5) is 35.6. The van der Waals surface area contributed by atoms with Gasteiger partial charge in [0, 0.05) is 20.3 Å². The van der Waals surface area contributed by atoms with Gasteiger partial charge in [-0.05, 0) is 19.1 Å². The van der Waals surface area contributed by atoms with Crippen LogP contribution in [0.2, 0.25) is 0 Å². The van der Waals surface area contributed by atoms with Gasteiger partial charge in [0.2, 0.25) is 5.91 Å². The molecule has 0 bridgehead atoms. The van der Waals surface area contributed by atoms with E-state index < -0.39 is 17.9 Å². The van der Waals surface area contributed by atoms with E-state index in [-0.39, 0.29) is 18.1 Å². The van der Waals surface area contributed by atoms with Crippen LogP contribution in [0.4, 0.5) is 0 Å². The standard InChI is InChI=1S/C12H17N3O4/c1-8(12(19)14(2)3)13-11(18)9-5-4-6-15(9)7-10(16)17/h4-6,8H,7H2,1-3H3,(H,13,18)(H,16,17). The Balaban J connectivity index is 2.76. The molecule has 2 N–H and O–H groups in total. The van der Waals surface area contributed by atoms with Crippen molar-refractivity contribution in [3.63, 3.8) is 0 Å². The third-order valence-corrected chi connectivity index (χ3v) is 2.53. The van der Waals surface area contributed by atoms with Crippen molar-refractivity contribution in [3.8, 4) is 0 Å². The number of aromatic nitrogens is 1. The van der Waals surface area contributed by atoms with E-state index in [0.717, 1.165) is 0 Å². The van der Waals surface area contributed by atoms with Gasteiger partial charge in [-0.1, -0.05) is 0 Å². The number of likely N-dealkylation sites (N-methyl/N-ethyl adjacent to an activating group) is 1. The summed E-state index contributed by atoms with van der Waals surface area (Å²) in [5.41, 5.74) is 0.209. The highest BCUT2D eigenvalue weighted by molar-refractivity contribution is 5.96. The van der Waals surface area contributed by atoms with Gasteiger partial charge in [0.25, 0.3) is 5.91 Å². The Morgan fingerprint density at radius 2 is 2.05 bits per heavy atom. The average Bonchev–Trinajstić information content (AvgIpc) is 2.74. The summed E-state index contributed by atoms with van der Waals surface area (Å²) in [6, 6.07) is 2.41. The average molecular weight is 267 g/mol. The maximum atomic E-state index is 11.9. The van der Waals surface area contributed by atoms with Crippen LogP contribution in [0, 0.1) is 0 Å². The van der Waals surface area contributed by atoms with E-state index >= 15 is 0 Å². The molecule has 1 unspecified atom stereocenters. The number of nitrogens with one attached hydrogen (secondary N) is 1. The highest BCUT2D eigenvalue weighted by Crippen LogP contribution is 2.03. The first-order valence-electron chi connectivity index (χ1n) is 5.72. The Hall–Kier alpha value is -2.31. The Bertz CT molecular complexity index is 493. The topological polar surface area (TPSA) is 91.6 Å². The van der Waals surface area contributed by atoms with E-state index in [9.17, 15) is 14.4 Å². The van der Waals surface area contributed by atoms with Crippen molar-refractivity contribution < 1.29 is 19.5 Å². The van der Waals surface area contributed by atoms with Gasteiger partial charge in [-0.2, -0.15) is 0 Å². The van der Waals surface area contributed by atoms with Crippen LogP contribution in [-0.2, 0) is 16.1 Å². The minimum Gasteiger partial charge on any atom is -0.480 e. The molecule has 0 aromatic carbocycles. The third kappa shape index (κ3) is 3.84. The molecule has 0 fully saturated rings. The maximum Gasteiger partial charge on any atom is 0.323 e. The van der Waals surface area contributed by atoms with Crippen molar-refractivity contribution in [1.82, 2.24) is 14.8 Å². The number of hydrogen-bond donors (Lipinski definition) is 2. The van der Waals surface area contributed by atoms with Crippen molar-refractivity contribution >= 4 is 17.8 Å². The Labute approximate surface area is 110 Å². The van der Waals surface area contributed by atoms with Crippen molar-refractivity contribution in [2.45, 2.75) is 19.5 Å². The van der Waals surface area contributed by atoms with Crippen LogP contribution in [-0.4, -0.2) is 52.5 Å². The Kier molecular flexibility index (Phi) is 4.68. The molecule has 0 aliphatic carbocycles. The van der Waals surface area contributed by atoms with Gasteiger partial charge >= 0.3 is 5.97 Å². The smallest absolute Gasteiger partial charge is 0.323 e. The number of carbonyl (C=O) groups excluding carboxylic acids is 2. The van der Waals surface area contributed by atoms with Gasteiger partial charge in [0.1, 0.15) is 18.3 Å². The van der Waals surface area contributed by atoms with Crippen LogP contribution in [0.5, 0.6) is 0 Å². The molecule has 19 heavy (non-hydrogen) atoms. The zero-order chi connectivity index (χ0) is 14.6. The van der Waals surface area contributed by atoms with E-state index in [1.54, 1.807) is 27.1 Å². The predicted molar refractivity (Wildman–Crippen MR) is 67.7 cm³/mol. The number of amides is 2. The summed E-state index contributed by atoms with van der Waals surface area (Å²) in [7, 11) is 3.19. The molecule has 1 heterocycles. The van der Waals surface area contributed by atoms with E-state index in [1.165, 1.54) is 21.7 Å². The molecule has 1 aromatic heterocycles. The van der Waals surface area contributed by atoms with Gasteiger partial charge < -0.3 is 19.9 Å². The van der Waals surface area contributed by atoms with Crippen LogP contribution < -0.4 is 5.32 Å². The normalized spacial score (nSPS) is 11.7. The third-order valence-electron chi connectivity index (χ3n) is 2.53. The summed E-state index contributed by atoms with van der Waals surface area (Å²) in [5.74, 6) is -1.75. The Morgan fingerprint density at radius 1 is 1.42 bits per heavy atom. The van der Waals surface area contributed by atoms with Crippen LogP contribution in [0.3, 0.4) is 0 Å². The first-order valence-corrected chi connectivity index (χ1v) is 5.72. The second-order valence-corrected chi connectivity index (χ2v) is 4.34. The lowest BCUT2D eigenvalue weighted by molar-refractivity contribution is -0.137. The molecule has 0 spiro atoms. The van der Waals surface area contributed by atoms with Gasteiger partial charge in [-0.3, -0.25) is 14.4 Å². The van der Waals surface area contributed by atoms with Gasteiger partial charge in [0.05, 0.1) is 0 Å². The van der Waals surface area contributed by atoms with E-state index in [2.05, 4.69) is 5.32 Å². The van der Waals surface area contributed by atoms with Crippen LogP contribution in [0.1, 0.15) is 17.4 Å².